The molecule has 0 aromatic heterocycles. The van der Waals surface area contributed by atoms with E-state index in [1.165, 1.54) is 6.08 Å². The molecule has 3 aliphatic rings. The summed E-state index contributed by atoms with van der Waals surface area (Å²) in [5, 5.41) is 1.91. The molecule has 3 heterocycles. The average Bonchev–Trinajstić information content (AvgIpc) is 3.42. The average molecular weight is 599 g/mol. The minimum atomic E-state index is -2.96. The maximum Gasteiger partial charge on any atom is 0.334 e. The number of carbonyl (C=O) groups is 3. The lowest BCUT2D eigenvalue weighted by Crippen LogP contribution is -2.66. The van der Waals surface area contributed by atoms with Crippen LogP contribution < -0.4 is 10.4 Å². The molecule has 224 valence electrons. The molecule has 2 unspecified atom stereocenters. The van der Waals surface area contributed by atoms with E-state index >= 15 is 0 Å². The molecule has 1 fully saturated rings. The Bertz CT molecular complexity index is 1490. The summed E-state index contributed by atoms with van der Waals surface area (Å²) in [4.78, 5) is 38.9. The number of carbonyl (C=O) groups excluding carboxylic acids is 3. The van der Waals surface area contributed by atoms with Crippen molar-refractivity contribution in [1.29, 1.82) is 0 Å². The summed E-state index contributed by atoms with van der Waals surface area (Å²) in [6.07, 6.45) is 1.52. The van der Waals surface area contributed by atoms with Crippen LogP contribution in [0.15, 0.2) is 108 Å². The van der Waals surface area contributed by atoms with Gasteiger partial charge in [-0.3, -0.25) is 4.79 Å². The molecular weight excluding hydrogens is 560 g/mol. The van der Waals surface area contributed by atoms with Crippen molar-refractivity contribution in [3.63, 3.8) is 0 Å². The SMILES string of the molecule is C=C(C)C(=O)OC1C[C@@]2(C)OC(=CC2=O)/C(CO[Si](c2ccccc2)(c2ccccc2)C(C)(C)C)=C\[C@@H]2OC(=O)C(=C)C12. The molecule has 3 aliphatic heterocycles. The zero-order valence-electron chi connectivity index (χ0n) is 25.3. The van der Waals surface area contributed by atoms with Crippen molar-refractivity contribution in [2.24, 2.45) is 5.92 Å². The van der Waals surface area contributed by atoms with E-state index < -0.39 is 44.0 Å². The van der Waals surface area contributed by atoms with Crippen LogP contribution in [0.4, 0.5) is 0 Å². The topological polar surface area (TPSA) is 88.1 Å². The van der Waals surface area contributed by atoms with E-state index in [9.17, 15) is 14.4 Å². The van der Waals surface area contributed by atoms with Gasteiger partial charge >= 0.3 is 11.9 Å². The summed E-state index contributed by atoms with van der Waals surface area (Å²) in [5.74, 6) is -1.83. The molecule has 1 saturated heterocycles. The van der Waals surface area contributed by atoms with E-state index in [1.54, 1.807) is 19.9 Å². The highest BCUT2D eigenvalue weighted by molar-refractivity contribution is 6.99. The van der Waals surface area contributed by atoms with Crippen LogP contribution in [0.2, 0.25) is 5.04 Å². The monoisotopic (exact) mass is 598 g/mol. The zero-order valence-corrected chi connectivity index (χ0v) is 26.3. The summed E-state index contributed by atoms with van der Waals surface area (Å²) >= 11 is 0. The van der Waals surface area contributed by atoms with Gasteiger partial charge in [0.1, 0.15) is 18.0 Å². The van der Waals surface area contributed by atoms with Gasteiger partial charge in [-0.15, -0.1) is 0 Å². The van der Waals surface area contributed by atoms with Crippen molar-refractivity contribution in [3.8, 4) is 0 Å². The molecule has 0 aliphatic carbocycles. The van der Waals surface area contributed by atoms with Gasteiger partial charge in [0, 0.05) is 29.2 Å². The number of esters is 2. The number of hydrogen-bond acceptors (Lipinski definition) is 7. The van der Waals surface area contributed by atoms with E-state index in [4.69, 9.17) is 18.6 Å². The standard InChI is InChI=1S/C35H38O7Si/c1-22(2)32(37)41-29-20-35(7)30(36)19-27(42-35)24(18-28-31(29)23(3)33(38)40-28)21-39-43(34(4,5)6,25-14-10-8-11-15-25)26-16-12-9-13-17-26/h8-19,28-29,31H,1,3,20-21H2,2,4-7H3/b24-18-/t28-,29?,31?,35+/m0/s1. The fourth-order valence-electron chi connectivity index (χ4n) is 6.29. The molecule has 0 amide bonds. The normalized spacial score (nSPS) is 26.5. The molecule has 0 saturated carbocycles. The quantitative estimate of drug-likeness (QED) is 0.259. The Morgan fingerprint density at radius 2 is 1.63 bits per heavy atom. The van der Waals surface area contributed by atoms with Crippen LogP contribution in [0.1, 0.15) is 41.0 Å². The van der Waals surface area contributed by atoms with Gasteiger partial charge in [0.2, 0.25) is 5.78 Å². The summed E-state index contributed by atoms with van der Waals surface area (Å²) in [5.41, 5.74) is -0.373. The molecule has 43 heavy (non-hydrogen) atoms. The molecular formula is C35H38O7Si. The Morgan fingerprint density at radius 1 is 1.05 bits per heavy atom. The number of ether oxygens (including phenoxy) is 3. The molecule has 0 radical (unpaired) electrons. The maximum absolute atomic E-state index is 13.4. The number of hydrogen-bond donors (Lipinski definition) is 0. The van der Waals surface area contributed by atoms with Gasteiger partial charge in [0.25, 0.3) is 8.32 Å². The molecule has 0 spiro atoms. The molecule has 8 heteroatoms. The molecule has 2 bridgehead atoms. The highest BCUT2D eigenvalue weighted by Gasteiger charge is 2.54. The van der Waals surface area contributed by atoms with E-state index in [0.717, 1.165) is 10.4 Å². The van der Waals surface area contributed by atoms with Gasteiger partial charge in [-0.1, -0.05) is 94.6 Å². The third-order valence-corrected chi connectivity index (χ3v) is 13.5. The second-order valence-corrected chi connectivity index (χ2v) is 17.0. The van der Waals surface area contributed by atoms with Gasteiger partial charge in [0.05, 0.1) is 12.5 Å². The lowest BCUT2D eigenvalue weighted by atomic mass is 9.82. The first-order chi connectivity index (χ1) is 20.3. The molecule has 2 aromatic rings. The van der Waals surface area contributed by atoms with Gasteiger partial charge < -0.3 is 18.6 Å². The molecule has 4 atom stereocenters. The van der Waals surface area contributed by atoms with Crippen LogP contribution in [0, 0.1) is 5.92 Å². The summed E-state index contributed by atoms with van der Waals surface area (Å²) in [6.45, 7) is 17.5. The largest absolute Gasteiger partial charge is 0.479 e. The van der Waals surface area contributed by atoms with Crippen LogP contribution in [0.25, 0.3) is 0 Å². The van der Waals surface area contributed by atoms with Crippen molar-refractivity contribution < 1.29 is 33.0 Å². The zero-order chi connectivity index (χ0) is 31.2. The second-order valence-electron chi connectivity index (χ2n) is 12.7. The van der Waals surface area contributed by atoms with E-state index in [-0.39, 0.29) is 35.0 Å². The molecule has 5 rings (SSSR count). The molecule has 2 aromatic carbocycles. The van der Waals surface area contributed by atoms with Gasteiger partial charge in [-0.2, -0.15) is 0 Å². The van der Waals surface area contributed by atoms with Crippen LogP contribution in [-0.2, 0) is 33.0 Å². The lowest BCUT2D eigenvalue weighted by Gasteiger charge is -2.43. The Balaban J connectivity index is 1.62. The van der Waals surface area contributed by atoms with Crippen molar-refractivity contribution in [1.82, 2.24) is 0 Å². The van der Waals surface area contributed by atoms with E-state index in [2.05, 4.69) is 58.2 Å². The highest BCUT2D eigenvalue weighted by Crippen LogP contribution is 2.44. The van der Waals surface area contributed by atoms with Crippen LogP contribution in [0.3, 0.4) is 0 Å². The predicted octanol–water partition coefficient (Wildman–Crippen LogP) is 4.72. The van der Waals surface area contributed by atoms with E-state index in [1.807, 2.05) is 36.4 Å². The van der Waals surface area contributed by atoms with Crippen molar-refractivity contribution in [2.75, 3.05) is 6.61 Å². The minimum absolute atomic E-state index is 0.0123. The lowest BCUT2D eigenvalue weighted by molar-refractivity contribution is -0.153. The Hall–Kier alpha value is -4.01. The first-order valence-corrected chi connectivity index (χ1v) is 16.3. The van der Waals surface area contributed by atoms with Crippen molar-refractivity contribution >= 4 is 36.4 Å². The predicted molar refractivity (Wildman–Crippen MR) is 166 cm³/mol. The number of fused-ring (bicyclic) bond motifs is 3. The van der Waals surface area contributed by atoms with Gasteiger partial charge in [0.15, 0.2) is 5.60 Å². The Morgan fingerprint density at radius 3 is 2.16 bits per heavy atom. The fraction of sp³-hybridized carbons (Fsp3) is 0.343. The molecule has 0 N–H and O–H groups in total. The number of ketones is 1. The minimum Gasteiger partial charge on any atom is -0.479 e. The fourth-order valence-corrected chi connectivity index (χ4v) is 10.8. The number of rotatable bonds is 7. The summed E-state index contributed by atoms with van der Waals surface area (Å²) in [6, 6.07) is 20.5. The van der Waals surface area contributed by atoms with Crippen LogP contribution in [-0.4, -0.2) is 50.5 Å². The van der Waals surface area contributed by atoms with E-state index in [0.29, 0.717) is 11.3 Å². The Kier molecular flexibility index (Phi) is 7.96. The van der Waals surface area contributed by atoms with Crippen LogP contribution >= 0.6 is 0 Å². The second kappa shape index (κ2) is 11.2. The third-order valence-electron chi connectivity index (χ3n) is 8.52. The highest BCUT2D eigenvalue weighted by atomic mass is 28.4. The number of benzene rings is 2. The first kappa shape index (κ1) is 30.4. The van der Waals surface area contributed by atoms with Crippen molar-refractivity contribution in [2.45, 2.75) is 63.9 Å². The maximum atomic E-state index is 13.4. The van der Waals surface area contributed by atoms with Gasteiger partial charge in [-0.05, 0) is 35.3 Å². The van der Waals surface area contributed by atoms with Crippen molar-refractivity contribution in [3.05, 3.63) is 108 Å². The Labute approximate surface area is 254 Å². The first-order valence-electron chi connectivity index (χ1n) is 14.4. The summed E-state index contributed by atoms with van der Waals surface area (Å²) < 4.78 is 25.1. The molecule has 7 nitrogen and oxygen atoms in total. The summed E-state index contributed by atoms with van der Waals surface area (Å²) in [7, 11) is -2.96. The van der Waals surface area contributed by atoms with Gasteiger partial charge in [-0.25, -0.2) is 9.59 Å². The third kappa shape index (κ3) is 5.45. The smallest absolute Gasteiger partial charge is 0.334 e. The van der Waals surface area contributed by atoms with Crippen LogP contribution in [0.5, 0.6) is 0 Å².